The average molecular weight is 290 g/mol. The molecule has 0 saturated heterocycles. The van der Waals surface area contributed by atoms with Crippen LogP contribution in [0.3, 0.4) is 0 Å². The number of amides is 2. The number of rotatable bonds is 4. The largest absolute Gasteiger partial charge is 0.478 e. The molecule has 0 bridgehead atoms. The van der Waals surface area contributed by atoms with Crippen LogP contribution in [0.5, 0.6) is 0 Å². The molecule has 5 nitrogen and oxygen atoms in total. The van der Waals surface area contributed by atoms with Crippen LogP contribution in [0.4, 0.5) is 10.5 Å². The summed E-state index contributed by atoms with van der Waals surface area (Å²) in [6.07, 6.45) is 2.56. The van der Waals surface area contributed by atoms with Crippen molar-refractivity contribution in [3.05, 3.63) is 35.9 Å². The molecule has 0 fully saturated rings. The molecule has 0 aliphatic rings. The minimum Gasteiger partial charge on any atom is -0.478 e. The van der Waals surface area contributed by atoms with Crippen LogP contribution in [0.1, 0.15) is 33.3 Å². The molecule has 1 aromatic carbocycles. The number of urea groups is 1. The number of carboxylic acid groups (broad SMARTS) is 1. The summed E-state index contributed by atoms with van der Waals surface area (Å²) in [5, 5.41) is 14.2. The smallest absolute Gasteiger partial charge is 0.328 e. The van der Waals surface area contributed by atoms with Gasteiger partial charge in [-0.3, -0.25) is 0 Å². The maximum Gasteiger partial charge on any atom is 0.328 e. The van der Waals surface area contributed by atoms with E-state index in [4.69, 9.17) is 5.11 Å². The Hall–Kier alpha value is -2.30. The Labute approximate surface area is 125 Å². The van der Waals surface area contributed by atoms with Crippen molar-refractivity contribution in [3.8, 4) is 0 Å². The highest BCUT2D eigenvalue weighted by atomic mass is 16.4. The van der Waals surface area contributed by atoms with E-state index < -0.39 is 5.97 Å². The number of carboxylic acids is 1. The van der Waals surface area contributed by atoms with Crippen LogP contribution in [-0.2, 0) is 4.79 Å². The lowest BCUT2D eigenvalue weighted by molar-refractivity contribution is -0.131. The quantitative estimate of drug-likeness (QED) is 0.744. The third-order valence-electron chi connectivity index (χ3n) is 3.23. The summed E-state index contributed by atoms with van der Waals surface area (Å²) in [4.78, 5) is 22.3. The second-order valence-corrected chi connectivity index (χ2v) is 5.98. The summed E-state index contributed by atoms with van der Waals surface area (Å²) in [7, 11) is 0. The van der Waals surface area contributed by atoms with Crippen molar-refractivity contribution in [2.24, 2.45) is 5.41 Å². The molecule has 0 aliphatic carbocycles. The van der Waals surface area contributed by atoms with Gasteiger partial charge in [-0.25, -0.2) is 9.59 Å². The highest BCUT2D eigenvalue weighted by Crippen LogP contribution is 2.18. The van der Waals surface area contributed by atoms with Gasteiger partial charge >= 0.3 is 12.0 Å². The lowest BCUT2D eigenvalue weighted by Crippen LogP contribution is -2.43. The fourth-order valence-electron chi connectivity index (χ4n) is 1.43. The molecule has 1 rings (SSSR count). The van der Waals surface area contributed by atoms with Gasteiger partial charge in [-0.15, -0.1) is 0 Å². The number of hydrogen-bond donors (Lipinski definition) is 3. The van der Waals surface area contributed by atoms with Crippen LogP contribution in [-0.4, -0.2) is 23.1 Å². The first-order valence-corrected chi connectivity index (χ1v) is 6.77. The van der Waals surface area contributed by atoms with E-state index in [9.17, 15) is 9.59 Å². The van der Waals surface area contributed by atoms with Crippen molar-refractivity contribution in [1.82, 2.24) is 5.32 Å². The van der Waals surface area contributed by atoms with Gasteiger partial charge in [0.25, 0.3) is 0 Å². The van der Waals surface area contributed by atoms with Gasteiger partial charge < -0.3 is 15.7 Å². The monoisotopic (exact) mass is 290 g/mol. The van der Waals surface area contributed by atoms with Gasteiger partial charge in [0, 0.05) is 17.8 Å². The van der Waals surface area contributed by atoms with Crippen LogP contribution < -0.4 is 10.6 Å². The molecule has 0 aliphatic heterocycles. The molecule has 0 saturated carbocycles. The Morgan fingerprint density at radius 1 is 1.19 bits per heavy atom. The van der Waals surface area contributed by atoms with Crippen molar-refractivity contribution >= 4 is 23.8 Å². The van der Waals surface area contributed by atoms with E-state index in [2.05, 4.69) is 31.4 Å². The van der Waals surface area contributed by atoms with E-state index in [0.717, 1.165) is 11.6 Å². The Kier molecular flexibility index (Phi) is 5.52. The van der Waals surface area contributed by atoms with Gasteiger partial charge in [-0.05, 0) is 36.1 Å². The van der Waals surface area contributed by atoms with Gasteiger partial charge in [0.1, 0.15) is 0 Å². The highest BCUT2D eigenvalue weighted by Gasteiger charge is 2.21. The van der Waals surface area contributed by atoms with Gasteiger partial charge in [0.05, 0.1) is 0 Å². The number of aliphatic carboxylic acids is 1. The topological polar surface area (TPSA) is 78.4 Å². The first-order valence-electron chi connectivity index (χ1n) is 6.77. The van der Waals surface area contributed by atoms with E-state index in [1.54, 1.807) is 24.3 Å². The van der Waals surface area contributed by atoms with Crippen LogP contribution in [0, 0.1) is 5.41 Å². The number of carbonyl (C=O) groups excluding carboxylic acids is 1. The summed E-state index contributed by atoms with van der Waals surface area (Å²) in [5.74, 6) is -0.993. The number of benzene rings is 1. The number of anilines is 1. The molecule has 5 heteroatoms. The lowest BCUT2D eigenvalue weighted by atomic mass is 9.88. The van der Waals surface area contributed by atoms with Gasteiger partial charge in [-0.1, -0.05) is 32.9 Å². The maximum atomic E-state index is 11.9. The minimum absolute atomic E-state index is 0.0111. The second-order valence-electron chi connectivity index (χ2n) is 5.98. The van der Waals surface area contributed by atoms with E-state index in [1.165, 1.54) is 6.08 Å². The molecule has 2 amide bonds. The molecule has 114 valence electrons. The first-order chi connectivity index (χ1) is 9.68. The fourth-order valence-corrected chi connectivity index (χ4v) is 1.43. The average Bonchev–Trinajstić information content (AvgIpc) is 2.36. The normalized spacial score (nSPS) is 13.0. The van der Waals surface area contributed by atoms with Crippen LogP contribution in [0.25, 0.3) is 6.08 Å². The molecule has 21 heavy (non-hydrogen) atoms. The standard InChI is InChI=1S/C16H22N2O3/c1-11(16(2,3)4)17-15(21)18-13-8-5-12(6-9-13)7-10-14(19)20/h5-11H,1-4H3,(H,19,20)(H2,17,18,21)/b10-7+. The minimum atomic E-state index is -0.993. The Bertz CT molecular complexity index is 527. The predicted molar refractivity (Wildman–Crippen MR) is 84.2 cm³/mol. The van der Waals surface area contributed by atoms with E-state index in [0.29, 0.717) is 5.69 Å². The van der Waals surface area contributed by atoms with Gasteiger partial charge in [0.2, 0.25) is 0 Å². The summed E-state index contributed by atoms with van der Waals surface area (Å²) >= 11 is 0. The van der Waals surface area contributed by atoms with Crippen molar-refractivity contribution in [3.63, 3.8) is 0 Å². The van der Waals surface area contributed by atoms with Crippen LogP contribution in [0.2, 0.25) is 0 Å². The van der Waals surface area contributed by atoms with Crippen LogP contribution in [0.15, 0.2) is 30.3 Å². The first kappa shape index (κ1) is 16.8. The molecule has 1 aromatic rings. The second kappa shape index (κ2) is 6.92. The molecule has 1 unspecified atom stereocenters. The molecule has 3 N–H and O–H groups in total. The fraction of sp³-hybridized carbons (Fsp3) is 0.375. The summed E-state index contributed by atoms with van der Waals surface area (Å²) in [6.45, 7) is 8.13. The number of hydrogen-bond acceptors (Lipinski definition) is 2. The van der Waals surface area contributed by atoms with Gasteiger partial charge in [0.15, 0.2) is 0 Å². The molecular weight excluding hydrogens is 268 g/mol. The van der Waals surface area contributed by atoms with E-state index in [-0.39, 0.29) is 17.5 Å². The number of nitrogens with one attached hydrogen (secondary N) is 2. The van der Waals surface area contributed by atoms with Crippen LogP contribution >= 0.6 is 0 Å². The summed E-state index contributed by atoms with van der Waals surface area (Å²) in [6, 6.07) is 6.71. The van der Waals surface area contributed by atoms with Crippen molar-refractivity contribution in [1.29, 1.82) is 0 Å². The molecule has 0 heterocycles. The maximum absolute atomic E-state index is 11.9. The molecule has 0 aromatic heterocycles. The zero-order valence-electron chi connectivity index (χ0n) is 12.8. The zero-order valence-corrected chi connectivity index (χ0v) is 12.8. The molecule has 0 radical (unpaired) electrons. The van der Waals surface area contributed by atoms with Crippen molar-refractivity contribution < 1.29 is 14.7 Å². The Morgan fingerprint density at radius 3 is 2.24 bits per heavy atom. The Balaban J connectivity index is 2.60. The summed E-state index contributed by atoms with van der Waals surface area (Å²) < 4.78 is 0. The van der Waals surface area contributed by atoms with Crippen molar-refractivity contribution in [2.45, 2.75) is 33.7 Å². The molecular formula is C16H22N2O3. The summed E-state index contributed by atoms with van der Waals surface area (Å²) in [5.41, 5.74) is 1.40. The highest BCUT2D eigenvalue weighted by molar-refractivity contribution is 5.90. The number of carbonyl (C=O) groups is 2. The zero-order chi connectivity index (χ0) is 16.0. The van der Waals surface area contributed by atoms with E-state index in [1.807, 2.05) is 6.92 Å². The van der Waals surface area contributed by atoms with Crippen molar-refractivity contribution in [2.75, 3.05) is 5.32 Å². The Morgan fingerprint density at radius 2 is 1.76 bits per heavy atom. The SMILES string of the molecule is CC(NC(=O)Nc1ccc(/C=C/C(=O)O)cc1)C(C)(C)C. The lowest BCUT2D eigenvalue weighted by Gasteiger charge is -2.28. The van der Waals surface area contributed by atoms with Gasteiger partial charge in [-0.2, -0.15) is 0 Å². The van der Waals surface area contributed by atoms with E-state index >= 15 is 0 Å². The molecule has 0 spiro atoms. The third-order valence-corrected chi connectivity index (χ3v) is 3.23. The third kappa shape index (κ3) is 6.12. The predicted octanol–water partition coefficient (Wildman–Crippen LogP) is 3.34. The molecule has 1 atom stereocenters.